The van der Waals surface area contributed by atoms with Gasteiger partial charge in [-0.05, 0) is 53.6 Å². The topological polar surface area (TPSA) is 194 Å². The number of β-amino-alcohol motifs (C(OH)–C–C–N with tert-alkyl or cyclic N) is 1. The highest BCUT2D eigenvalue weighted by Gasteiger charge is 2.59. The Bertz CT molecular complexity index is 1660. The van der Waals surface area contributed by atoms with Gasteiger partial charge in [0.2, 0.25) is 5.78 Å². The molecule has 0 radical (unpaired) electrons. The molecule has 12 heteroatoms. The Balaban J connectivity index is 1.37. The first-order valence-electron chi connectivity index (χ1n) is 15.0. The Labute approximate surface area is 259 Å². The normalized spacial score (nSPS) is 25.6. The number of ketones is 2. The van der Waals surface area contributed by atoms with Crippen LogP contribution < -0.4 is 10.5 Å². The van der Waals surface area contributed by atoms with Gasteiger partial charge in [-0.15, -0.1) is 0 Å². The van der Waals surface area contributed by atoms with Crippen LogP contribution in [0, 0.1) is 11.8 Å². The number of nitrogens with zero attached hydrogens (tertiary/aromatic N) is 2. The van der Waals surface area contributed by atoms with Gasteiger partial charge in [-0.2, -0.15) is 0 Å². The number of hydrogen-bond acceptors (Lipinski definition) is 11. The van der Waals surface area contributed by atoms with Gasteiger partial charge in [0.25, 0.3) is 5.91 Å². The number of ether oxygens (including phenoxy) is 1. The Morgan fingerprint density at radius 3 is 2.42 bits per heavy atom. The van der Waals surface area contributed by atoms with E-state index in [9.17, 15) is 39.9 Å². The first kappa shape index (κ1) is 30.8. The molecule has 0 aromatic heterocycles. The molecule has 2 aromatic carbocycles. The number of hydrogen-bond donors (Lipinski definition) is 6. The van der Waals surface area contributed by atoms with Crippen LogP contribution >= 0.6 is 0 Å². The smallest absolute Gasteiger partial charge is 0.255 e. The van der Waals surface area contributed by atoms with Gasteiger partial charge >= 0.3 is 0 Å². The van der Waals surface area contributed by atoms with Crippen LogP contribution in [0.5, 0.6) is 11.5 Å². The number of methoxy groups -OCH3 is 1. The van der Waals surface area contributed by atoms with Crippen LogP contribution in [-0.2, 0) is 22.6 Å². The molecule has 238 valence electrons. The molecule has 12 nitrogen and oxygen atoms in total. The van der Waals surface area contributed by atoms with Crippen molar-refractivity contribution in [2.24, 2.45) is 17.6 Å². The van der Waals surface area contributed by atoms with E-state index in [0.717, 1.165) is 37.3 Å². The minimum absolute atomic E-state index is 0.0264. The second kappa shape index (κ2) is 11.6. The zero-order valence-electron chi connectivity index (χ0n) is 25.0. The van der Waals surface area contributed by atoms with Gasteiger partial charge < -0.3 is 36.0 Å². The van der Waals surface area contributed by atoms with Crippen molar-refractivity contribution in [3.8, 4) is 22.6 Å². The minimum Gasteiger partial charge on any atom is -0.511 e. The number of carbonyl (C=O) groups excluding carboxylic acids is 3. The Morgan fingerprint density at radius 2 is 1.76 bits per heavy atom. The minimum atomic E-state index is -2.60. The quantitative estimate of drug-likeness (QED) is 0.245. The van der Waals surface area contributed by atoms with Crippen LogP contribution in [-0.4, -0.2) is 105 Å². The molecule has 4 aliphatic rings. The van der Waals surface area contributed by atoms with Crippen LogP contribution in [0.4, 0.5) is 0 Å². The Kier molecular flexibility index (Phi) is 7.94. The molecule has 6 rings (SSSR count). The van der Waals surface area contributed by atoms with Gasteiger partial charge in [0, 0.05) is 62.7 Å². The number of phenols is 1. The summed E-state index contributed by atoms with van der Waals surface area (Å²) in [5.74, 6) is -5.84. The van der Waals surface area contributed by atoms with Crippen molar-refractivity contribution in [1.82, 2.24) is 9.80 Å². The van der Waals surface area contributed by atoms with E-state index in [1.807, 2.05) is 18.2 Å². The van der Waals surface area contributed by atoms with Gasteiger partial charge in [-0.3, -0.25) is 24.2 Å². The molecule has 0 spiro atoms. The number of amides is 1. The molecule has 7 N–H and O–H groups in total. The summed E-state index contributed by atoms with van der Waals surface area (Å²) in [4.78, 5) is 43.6. The van der Waals surface area contributed by atoms with Crippen molar-refractivity contribution in [3.05, 3.63) is 69.7 Å². The lowest BCUT2D eigenvalue weighted by Gasteiger charge is -2.45. The summed E-state index contributed by atoms with van der Waals surface area (Å²) < 4.78 is 5.67. The van der Waals surface area contributed by atoms with Crippen molar-refractivity contribution >= 4 is 17.5 Å². The number of primary amides is 1. The zero-order chi connectivity index (χ0) is 32.2. The molecule has 0 unspecified atom stereocenters. The van der Waals surface area contributed by atoms with Gasteiger partial charge in [0.05, 0.1) is 19.3 Å². The lowest BCUT2D eigenvalue weighted by Crippen LogP contribution is -2.57. The molecular weight excluding hydrogens is 582 g/mol. The van der Waals surface area contributed by atoms with Crippen molar-refractivity contribution in [3.63, 3.8) is 0 Å². The number of aliphatic hydroxyl groups excluding tert-OH is 3. The first-order valence-corrected chi connectivity index (χ1v) is 15.0. The van der Waals surface area contributed by atoms with Gasteiger partial charge in [0.15, 0.2) is 11.4 Å². The molecule has 0 saturated carbocycles. The summed E-state index contributed by atoms with van der Waals surface area (Å²) >= 11 is 0. The summed E-state index contributed by atoms with van der Waals surface area (Å²) in [5.41, 5.74) is 4.70. The number of aromatic hydroxyl groups is 1. The van der Waals surface area contributed by atoms with E-state index < -0.39 is 52.0 Å². The van der Waals surface area contributed by atoms with E-state index in [4.69, 9.17) is 10.5 Å². The maximum Gasteiger partial charge on any atom is 0.255 e. The zero-order valence-corrected chi connectivity index (χ0v) is 25.0. The van der Waals surface area contributed by atoms with Crippen molar-refractivity contribution in [1.29, 1.82) is 0 Å². The summed E-state index contributed by atoms with van der Waals surface area (Å²) in [5, 5.41) is 53.3. The summed E-state index contributed by atoms with van der Waals surface area (Å²) in [6, 6.07) is 8.91. The molecule has 2 aromatic rings. The number of benzene rings is 2. The maximum absolute atomic E-state index is 14.0. The largest absolute Gasteiger partial charge is 0.511 e. The number of nitrogens with two attached hydrogens (primary N) is 1. The van der Waals surface area contributed by atoms with Crippen LogP contribution in [0.25, 0.3) is 11.1 Å². The van der Waals surface area contributed by atoms with Crippen LogP contribution in [0.2, 0.25) is 0 Å². The van der Waals surface area contributed by atoms with Crippen LogP contribution in [0.1, 0.15) is 34.3 Å². The van der Waals surface area contributed by atoms with Crippen molar-refractivity contribution < 1.29 is 44.7 Å². The van der Waals surface area contributed by atoms with E-state index in [1.54, 1.807) is 13.2 Å². The van der Waals surface area contributed by atoms with E-state index in [2.05, 4.69) is 9.80 Å². The van der Waals surface area contributed by atoms with E-state index in [1.165, 1.54) is 6.07 Å². The Hall–Kier alpha value is -4.23. The number of piperazine rings is 1. The van der Waals surface area contributed by atoms with E-state index in [-0.39, 0.29) is 42.8 Å². The molecule has 1 fully saturated rings. The fourth-order valence-electron chi connectivity index (χ4n) is 7.51. The number of fused-ring (bicyclic) bond motifs is 3. The molecule has 1 heterocycles. The number of phenolic OH excluding ortho intramolecular Hbond substituents is 1. The lowest BCUT2D eigenvalue weighted by atomic mass is 9.60. The fraction of sp³-hybridized carbons (Fsp3) is 0.424. The van der Waals surface area contributed by atoms with Crippen molar-refractivity contribution in [2.45, 2.75) is 31.4 Å². The predicted molar refractivity (Wildman–Crippen MR) is 162 cm³/mol. The number of allylic oxidation sites excluding steroid dienone is 2. The predicted octanol–water partition coefficient (Wildman–Crippen LogP) is 1.37. The maximum atomic E-state index is 14.0. The monoisotopic (exact) mass is 619 g/mol. The summed E-state index contributed by atoms with van der Waals surface area (Å²) in [6.45, 7) is 4.76. The number of aliphatic hydroxyl groups is 4. The third kappa shape index (κ3) is 4.98. The van der Waals surface area contributed by atoms with Crippen LogP contribution in [0.3, 0.4) is 0 Å². The Morgan fingerprint density at radius 1 is 1.04 bits per heavy atom. The molecule has 3 aliphatic carbocycles. The lowest BCUT2D eigenvalue weighted by molar-refractivity contribution is -0.144. The van der Waals surface area contributed by atoms with Gasteiger partial charge in [-0.25, -0.2) is 0 Å². The highest BCUT2D eigenvalue weighted by Crippen LogP contribution is 2.52. The van der Waals surface area contributed by atoms with Crippen LogP contribution in [0.15, 0.2) is 53.0 Å². The molecule has 0 bridgehead atoms. The molecule has 1 aliphatic heterocycles. The second-order valence-corrected chi connectivity index (χ2v) is 12.3. The summed E-state index contributed by atoms with van der Waals surface area (Å²) in [6.07, 6.45) is -0.00116. The third-order valence-electron chi connectivity index (χ3n) is 9.81. The fourth-order valence-corrected chi connectivity index (χ4v) is 7.51. The number of rotatable bonds is 7. The molecule has 3 atom stereocenters. The second-order valence-electron chi connectivity index (χ2n) is 12.3. The summed E-state index contributed by atoms with van der Waals surface area (Å²) in [7, 11) is 1.61. The molecule has 45 heavy (non-hydrogen) atoms. The third-order valence-corrected chi connectivity index (χ3v) is 9.81. The molecular formula is C33H37N3O9. The van der Waals surface area contributed by atoms with Gasteiger partial charge in [0.1, 0.15) is 28.6 Å². The number of carbonyl (C=O) groups is 3. The molecule has 1 saturated heterocycles. The molecule has 1 amide bonds. The number of Topliss-reactive ketones (excluding diaryl/α,β-unsaturated/α-hetero) is 2. The van der Waals surface area contributed by atoms with Gasteiger partial charge in [-0.1, -0.05) is 12.1 Å². The SMILES string of the molecule is COc1ccc(-c2ccc(O)c3c2C[C@H]2C[C@H]4CC(O)=C(C(N)=O)C(=O)[C@@]4(O)C(O)=C2C3=O)cc1CN1CCN(CCO)CC1. The highest BCUT2D eigenvalue weighted by molar-refractivity contribution is 6.24. The first-order chi connectivity index (χ1) is 21.5. The average Bonchev–Trinajstić information content (AvgIpc) is 3.00. The van der Waals surface area contributed by atoms with E-state index in [0.29, 0.717) is 30.0 Å². The van der Waals surface area contributed by atoms with Crippen molar-refractivity contribution in [2.75, 3.05) is 46.4 Å². The average molecular weight is 620 g/mol. The standard InChI is InChI=1S/C33H37N3O9/c1-45-25-5-2-17(12-19(25)16-36-8-6-35(7-9-36)10-11-37)21-3-4-23(38)27-22(21)14-18-13-20-15-24(39)28(32(34)43)31(42)33(20,44)30(41)26(18)29(27)40/h2-5,12,18,20,37-39,41,44H,6-11,13-16H2,1H3,(H2,34,43)/t18-,20+,33+/m1/s1. The highest BCUT2D eigenvalue weighted by atomic mass is 16.5. The van der Waals surface area contributed by atoms with E-state index >= 15 is 0 Å².